The average molecular weight is 456 g/mol. The highest BCUT2D eigenvalue weighted by molar-refractivity contribution is 7.10. The highest BCUT2D eigenvalue weighted by Gasteiger charge is 2.37. The van der Waals surface area contributed by atoms with Crippen LogP contribution in [0.4, 0.5) is 22.0 Å². The van der Waals surface area contributed by atoms with Gasteiger partial charge >= 0.3 is 12.1 Å². The predicted octanol–water partition coefficient (Wildman–Crippen LogP) is 6.62. The highest BCUT2D eigenvalue weighted by Crippen LogP contribution is 2.42. The number of rotatable bonds is 7. The molecule has 3 rings (SSSR count). The van der Waals surface area contributed by atoms with Gasteiger partial charge < -0.3 is 9.84 Å². The number of alkyl halides is 3. The van der Waals surface area contributed by atoms with Gasteiger partial charge in [-0.15, -0.1) is 11.3 Å². The van der Waals surface area contributed by atoms with E-state index in [4.69, 9.17) is 9.84 Å². The maximum atomic E-state index is 14.3. The number of carboxylic acid groups (broad SMARTS) is 1. The van der Waals surface area contributed by atoms with Crippen molar-refractivity contribution >= 4 is 17.3 Å². The van der Waals surface area contributed by atoms with E-state index in [1.807, 2.05) is 6.92 Å². The van der Waals surface area contributed by atoms with Crippen molar-refractivity contribution < 1.29 is 36.6 Å². The first kappa shape index (κ1) is 22.7. The van der Waals surface area contributed by atoms with Crippen molar-refractivity contribution in [3.05, 3.63) is 75.0 Å². The van der Waals surface area contributed by atoms with E-state index in [0.29, 0.717) is 16.9 Å². The van der Waals surface area contributed by atoms with E-state index in [1.54, 1.807) is 24.3 Å². The fourth-order valence-corrected chi connectivity index (χ4v) is 3.99. The van der Waals surface area contributed by atoms with Gasteiger partial charge in [-0.3, -0.25) is 4.79 Å². The van der Waals surface area contributed by atoms with Crippen molar-refractivity contribution in [2.45, 2.75) is 32.5 Å². The molecule has 2 aromatic carbocycles. The van der Waals surface area contributed by atoms with Crippen molar-refractivity contribution in [1.82, 2.24) is 0 Å². The van der Waals surface area contributed by atoms with Gasteiger partial charge in [-0.1, -0.05) is 29.8 Å². The summed E-state index contributed by atoms with van der Waals surface area (Å²) in [6, 6.07) is 8.67. The van der Waals surface area contributed by atoms with Crippen LogP contribution in [0.3, 0.4) is 0 Å². The van der Waals surface area contributed by atoms with Gasteiger partial charge in [-0.25, -0.2) is 8.78 Å². The molecule has 0 amide bonds. The molecule has 0 saturated carbocycles. The van der Waals surface area contributed by atoms with E-state index < -0.39 is 41.0 Å². The molecule has 0 aliphatic rings. The van der Waals surface area contributed by atoms with Crippen molar-refractivity contribution in [3.8, 4) is 16.9 Å². The lowest BCUT2D eigenvalue weighted by molar-refractivity contribution is -0.137. The summed E-state index contributed by atoms with van der Waals surface area (Å²) in [6.07, 6.45) is -5.06. The fourth-order valence-electron chi connectivity index (χ4n) is 3.03. The number of hydrogen-bond acceptors (Lipinski definition) is 3. The summed E-state index contributed by atoms with van der Waals surface area (Å²) >= 11 is 0.489. The molecule has 0 fully saturated rings. The molecule has 0 spiro atoms. The number of hydrogen-bond donors (Lipinski definition) is 1. The zero-order valence-electron chi connectivity index (χ0n) is 16.2. The molecule has 9 heteroatoms. The summed E-state index contributed by atoms with van der Waals surface area (Å²) in [5, 5.41) is 10.0. The van der Waals surface area contributed by atoms with Crippen LogP contribution in [-0.4, -0.2) is 11.1 Å². The number of aryl methyl sites for hydroxylation is 2. The first-order chi connectivity index (χ1) is 14.6. The van der Waals surface area contributed by atoms with Crippen LogP contribution in [0.1, 0.15) is 28.0 Å². The molecule has 0 saturated heterocycles. The number of aliphatic carboxylic acids is 1. The molecule has 0 radical (unpaired) electrons. The number of halogens is 5. The SMILES string of the molecule is Cc1ccc(-c2csc(C(F)(F)F)c2COc2c(F)cc(CCC(=O)O)cc2F)cc1. The van der Waals surface area contributed by atoms with E-state index in [9.17, 15) is 26.7 Å². The van der Waals surface area contributed by atoms with Gasteiger partial charge in [-0.2, -0.15) is 13.2 Å². The third-order valence-electron chi connectivity index (χ3n) is 4.56. The monoisotopic (exact) mass is 456 g/mol. The largest absolute Gasteiger partial charge is 0.483 e. The second-order valence-electron chi connectivity index (χ2n) is 6.89. The van der Waals surface area contributed by atoms with Crippen molar-refractivity contribution in [2.24, 2.45) is 0 Å². The van der Waals surface area contributed by atoms with Gasteiger partial charge in [0.2, 0.25) is 0 Å². The van der Waals surface area contributed by atoms with Crippen molar-refractivity contribution in [2.75, 3.05) is 0 Å². The van der Waals surface area contributed by atoms with E-state index in [1.165, 1.54) is 5.38 Å². The smallest absolute Gasteiger partial charge is 0.426 e. The number of benzene rings is 2. The maximum Gasteiger partial charge on any atom is 0.426 e. The van der Waals surface area contributed by atoms with E-state index in [-0.39, 0.29) is 29.5 Å². The van der Waals surface area contributed by atoms with Crippen molar-refractivity contribution in [1.29, 1.82) is 0 Å². The Hall–Kier alpha value is -2.94. The molecule has 1 N–H and O–H groups in total. The Kier molecular flexibility index (Phi) is 6.64. The third kappa shape index (κ3) is 5.41. The molecule has 3 nitrogen and oxygen atoms in total. The summed E-state index contributed by atoms with van der Waals surface area (Å²) in [5.41, 5.74) is 1.63. The number of thiophene rings is 1. The number of carboxylic acids is 1. The summed E-state index contributed by atoms with van der Waals surface area (Å²) in [7, 11) is 0. The lowest BCUT2D eigenvalue weighted by Crippen LogP contribution is -2.09. The highest BCUT2D eigenvalue weighted by atomic mass is 32.1. The second kappa shape index (κ2) is 9.05. The first-order valence-corrected chi connectivity index (χ1v) is 10.0. The van der Waals surface area contributed by atoms with Crippen LogP contribution < -0.4 is 4.74 Å². The Morgan fingerprint density at radius 3 is 2.26 bits per heavy atom. The van der Waals surface area contributed by atoms with Crippen LogP contribution in [0, 0.1) is 18.6 Å². The molecule has 164 valence electrons. The van der Waals surface area contributed by atoms with Crippen LogP contribution in [-0.2, 0) is 24.0 Å². The Morgan fingerprint density at radius 2 is 1.71 bits per heavy atom. The van der Waals surface area contributed by atoms with Gasteiger partial charge in [0.05, 0.1) is 0 Å². The summed E-state index contributed by atoms with van der Waals surface area (Å²) in [5.74, 6) is -4.16. The molecule has 0 atom stereocenters. The van der Waals surface area contributed by atoms with Crippen LogP contribution in [0.2, 0.25) is 0 Å². The van der Waals surface area contributed by atoms with Crippen LogP contribution >= 0.6 is 11.3 Å². The number of carbonyl (C=O) groups is 1. The molecular formula is C22H17F5O3S. The van der Waals surface area contributed by atoms with Gasteiger partial charge in [0, 0.05) is 12.0 Å². The van der Waals surface area contributed by atoms with Gasteiger partial charge in [0.15, 0.2) is 17.4 Å². The molecule has 1 aromatic heterocycles. The Bertz CT molecular complexity index is 1060. The molecule has 0 aliphatic heterocycles. The lowest BCUT2D eigenvalue weighted by atomic mass is 10.0. The molecule has 31 heavy (non-hydrogen) atoms. The normalized spacial score (nSPS) is 11.5. The molecule has 0 aliphatic carbocycles. The van der Waals surface area contributed by atoms with Crippen LogP contribution in [0.5, 0.6) is 5.75 Å². The molecule has 3 aromatic rings. The maximum absolute atomic E-state index is 14.3. The Balaban J connectivity index is 1.91. The van der Waals surface area contributed by atoms with Crippen LogP contribution in [0.25, 0.3) is 11.1 Å². The lowest BCUT2D eigenvalue weighted by Gasteiger charge is -2.14. The molecular weight excluding hydrogens is 439 g/mol. The van der Waals surface area contributed by atoms with Crippen molar-refractivity contribution in [3.63, 3.8) is 0 Å². The predicted molar refractivity (Wildman–Crippen MR) is 106 cm³/mol. The Morgan fingerprint density at radius 1 is 1.10 bits per heavy atom. The van der Waals surface area contributed by atoms with Gasteiger partial charge in [0.1, 0.15) is 11.5 Å². The molecule has 0 bridgehead atoms. The summed E-state index contributed by atoms with van der Waals surface area (Å²) < 4.78 is 74.3. The number of ether oxygens (including phenoxy) is 1. The standard InChI is InChI=1S/C22H17F5O3S/c1-12-2-5-14(6-3-12)16-11-31-21(22(25,26)27)15(16)10-30-20-17(23)8-13(9-18(20)24)4-7-19(28)29/h2-3,5-6,8-9,11H,4,7,10H2,1H3,(H,28,29). The fraction of sp³-hybridized carbons (Fsp3) is 0.227. The van der Waals surface area contributed by atoms with Gasteiger partial charge in [-0.05, 0) is 47.5 Å². The zero-order chi connectivity index (χ0) is 22.8. The summed E-state index contributed by atoms with van der Waals surface area (Å²) in [6.45, 7) is 1.15. The van der Waals surface area contributed by atoms with Gasteiger partial charge in [0.25, 0.3) is 0 Å². The van der Waals surface area contributed by atoms with E-state index in [0.717, 1.165) is 17.7 Å². The minimum absolute atomic E-state index is 0.0935. The van der Waals surface area contributed by atoms with Crippen LogP contribution in [0.15, 0.2) is 41.8 Å². The summed E-state index contributed by atoms with van der Waals surface area (Å²) in [4.78, 5) is 9.72. The second-order valence-corrected chi connectivity index (χ2v) is 7.77. The Labute approximate surface area is 178 Å². The average Bonchev–Trinajstić information content (AvgIpc) is 3.10. The minimum atomic E-state index is -4.65. The van der Waals surface area contributed by atoms with E-state index >= 15 is 0 Å². The molecule has 1 heterocycles. The molecule has 0 unspecified atom stereocenters. The minimum Gasteiger partial charge on any atom is -0.483 e. The third-order valence-corrected chi connectivity index (χ3v) is 5.63. The zero-order valence-corrected chi connectivity index (χ0v) is 17.0. The first-order valence-electron chi connectivity index (χ1n) is 9.13. The van der Waals surface area contributed by atoms with E-state index in [2.05, 4.69) is 0 Å². The topological polar surface area (TPSA) is 46.5 Å². The quantitative estimate of drug-likeness (QED) is 0.407.